The number of carbonyl (C=O) groups is 1. The summed E-state index contributed by atoms with van der Waals surface area (Å²) in [5, 5.41) is 3.24. The number of methoxy groups -OCH3 is 1. The van der Waals surface area contributed by atoms with Crippen molar-refractivity contribution in [2.75, 3.05) is 7.11 Å². The van der Waals surface area contributed by atoms with E-state index in [1.54, 1.807) is 7.11 Å². The highest BCUT2D eigenvalue weighted by Gasteiger charge is 2.24. The number of amides is 1. The molecule has 24 heavy (non-hydrogen) atoms. The van der Waals surface area contributed by atoms with E-state index in [9.17, 15) is 4.79 Å². The van der Waals surface area contributed by atoms with Crippen LogP contribution >= 0.6 is 0 Å². The van der Waals surface area contributed by atoms with Crippen molar-refractivity contribution in [2.45, 2.75) is 64.3 Å². The van der Waals surface area contributed by atoms with E-state index in [0.29, 0.717) is 17.9 Å². The zero-order valence-corrected chi connectivity index (χ0v) is 14.9. The minimum atomic E-state index is -0.00535. The molecule has 2 rings (SSSR count). The number of terminal acetylenes is 1. The van der Waals surface area contributed by atoms with Crippen molar-refractivity contribution in [3.05, 3.63) is 29.3 Å². The SMILES string of the molecule is C#CCCc1ccc(C(=O)NC(CC)C2CCCCC2)cc1OC. The Labute approximate surface area is 146 Å². The number of nitrogens with one attached hydrogen (secondary N) is 1. The molecule has 0 heterocycles. The molecule has 1 atom stereocenters. The van der Waals surface area contributed by atoms with Crippen LogP contribution in [-0.4, -0.2) is 19.1 Å². The molecule has 1 aromatic rings. The summed E-state index contributed by atoms with van der Waals surface area (Å²) in [6, 6.07) is 5.92. The quantitative estimate of drug-likeness (QED) is 0.756. The van der Waals surface area contributed by atoms with Crippen LogP contribution in [0.4, 0.5) is 0 Å². The molecule has 1 saturated carbocycles. The molecule has 1 unspecified atom stereocenters. The van der Waals surface area contributed by atoms with Gasteiger partial charge in [0.2, 0.25) is 0 Å². The second kappa shape index (κ2) is 9.37. The van der Waals surface area contributed by atoms with Crippen LogP contribution in [0.1, 0.15) is 67.8 Å². The number of benzene rings is 1. The zero-order valence-electron chi connectivity index (χ0n) is 14.9. The molecule has 0 aromatic heterocycles. The third-order valence-electron chi connectivity index (χ3n) is 5.06. The smallest absolute Gasteiger partial charge is 0.251 e. The number of hydrogen-bond acceptors (Lipinski definition) is 2. The molecule has 1 aliphatic carbocycles. The first-order valence-corrected chi connectivity index (χ1v) is 9.10. The van der Waals surface area contributed by atoms with Crippen molar-refractivity contribution in [3.8, 4) is 18.1 Å². The van der Waals surface area contributed by atoms with Gasteiger partial charge in [0.05, 0.1) is 7.11 Å². The van der Waals surface area contributed by atoms with Gasteiger partial charge in [-0.3, -0.25) is 4.79 Å². The topological polar surface area (TPSA) is 38.3 Å². The number of rotatable bonds is 7. The highest BCUT2D eigenvalue weighted by atomic mass is 16.5. The first kappa shape index (κ1) is 18.4. The molecular weight excluding hydrogens is 298 g/mol. The van der Waals surface area contributed by atoms with Crippen LogP contribution in [0.15, 0.2) is 18.2 Å². The fourth-order valence-electron chi connectivity index (χ4n) is 3.64. The minimum absolute atomic E-state index is 0.00535. The van der Waals surface area contributed by atoms with Gasteiger partial charge in [0.1, 0.15) is 5.75 Å². The third-order valence-corrected chi connectivity index (χ3v) is 5.06. The van der Waals surface area contributed by atoms with Gasteiger partial charge in [0, 0.05) is 18.0 Å². The van der Waals surface area contributed by atoms with E-state index in [0.717, 1.165) is 24.2 Å². The van der Waals surface area contributed by atoms with Gasteiger partial charge in [-0.25, -0.2) is 0 Å². The van der Waals surface area contributed by atoms with Crippen LogP contribution in [0.5, 0.6) is 5.75 Å². The summed E-state index contributed by atoms with van der Waals surface area (Å²) in [5.41, 5.74) is 1.71. The molecule has 1 amide bonds. The fourth-order valence-corrected chi connectivity index (χ4v) is 3.64. The summed E-state index contributed by atoms with van der Waals surface area (Å²) in [4.78, 5) is 12.7. The number of ether oxygens (including phenoxy) is 1. The highest BCUT2D eigenvalue weighted by Crippen LogP contribution is 2.28. The maximum Gasteiger partial charge on any atom is 0.251 e. The Morgan fingerprint density at radius 3 is 2.75 bits per heavy atom. The van der Waals surface area contributed by atoms with Crippen LogP contribution in [0.25, 0.3) is 0 Å². The molecular formula is C21H29NO2. The standard InChI is InChI=1S/C21H29NO2/c1-4-6-10-17-13-14-18(15-20(17)24-3)21(23)22-19(5-2)16-11-8-7-9-12-16/h1,13-16,19H,5-12H2,2-3H3,(H,22,23). The van der Waals surface area contributed by atoms with E-state index in [1.165, 1.54) is 32.1 Å². The van der Waals surface area contributed by atoms with Crippen LogP contribution in [0, 0.1) is 18.3 Å². The Bertz CT molecular complexity index is 582. The Morgan fingerprint density at radius 1 is 1.38 bits per heavy atom. The summed E-state index contributed by atoms with van der Waals surface area (Å²) < 4.78 is 5.43. The largest absolute Gasteiger partial charge is 0.496 e. The van der Waals surface area contributed by atoms with Gasteiger partial charge in [-0.15, -0.1) is 12.3 Å². The Balaban J connectivity index is 2.06. The monoisotopic (exact) mass is 327 g/mol. The molecule has 0 bridgehead atoms. The molecule has 1 aliphatic rings. The first-order valence-electron chi connectivity index (χ1n) is 9.10. The minimum Gasteiger partial charge on any atom is -0.496 e. The molecule has 3 heteroatoms. The van der Waals surface area contributed by atoms with Crippen LogP contribution in [0.3, 0.4) is 0 Å². The lowest BCUT2D eigenvalue weighted by molar-refractivity contribution is 0.0911. The van der Waals surface area contributed by atoms with Gasteiger partial charge >= 0.3 is 0 Å². The van der Waals surface area contributed by atoms with Crippen LogP contribution in [0.2, 0.25) is 0 Å². The molecule has 1 N–H and O–H groups in total. The molecule has 1 fully saturated rings. The van der Waals surface area contributed by atoms with Crippen molar-refractivity contribution in [2.24, 2.45) is 5.92 Å². The Kier molecular flexibility index (Phi) is 7.18. The number of hydrogen-bond donors (Lipinski definition) is 1. The lowest BCUT2D eigenvalue weighted by atomic mass is 9.83. The number of carbonyl (C=O) groups excluding carboxylic acids is 1. The van der Waals surface area contributed by atoms with Crippen molar-refractivity contribution in [3.63, 3.8) is 0 Å². The van der Waals surface area contributed by atoms with E-state index in [1.807, 2.05) is 18.2 Å². The first-order chi connectivity index (χ1) is 11.7. The van der Waals surface area contributed by atoms with Gasteiger partial charge in [-0.2, -0.15) is 0 Å². The van der Waals surface area contributed by atoms with E-state index >= 15 is 0 Å². The summed E-state index contributed by atoms with van der Waals surface area (Å²) >= 11 is 0. The molecule has 0 spiro atoms. The van der Waals surface area contributed by atoms with E-state index in [-0.39, 0.29) is 11.9 Å². The lowest BCUT2D eigenvalue weighted by Gasteiger charge is -2.30. The highest BCUT2D eigenvalue weighted by molar-refractivity contribution is 5.95. The van der Waals surface area contributed by atoms with Gasteiger partial charge in [-0.1, -0.05) is 32.3 Å². The summed E-state index contributed by atoms with van der Waals surface area (Å²) in [7, 11) is 1.63. The summed E-state index contributed by atoms with van der Waals surface area (Å²) in [6.07, 6.45) is 14.1. The van der Waals surface area contributed by atoms with Crippen molar-refractivity contribution in [1.29, 1.82) is 0 Å². The van der Waals surface area contributed by atoms with Gasteiger partial charge in [0.15, 0.2) is 0 Å². The normalized spacial score (nSPS) is 16.2. The second-order valence-electron chi connectivity index (χ2n) is 6.62. The van der Waals surface area contributed by atoms with Crippen LogP contribution in [-0.2, 0) is 6.42 Å². The van der Waals surface area contributed by atoms with Gasteiger partial charge in [0.25, 0.3) is 5.91 Å². The lowest BCUT2D eigenvalue weighted by Crippen LogP contribution is -2.40. The summed E-state index contributed by atoms with van der Waals surface area (Å²) in [5.74, 6) is 3.99. The Morgan fingerprint density at radius 2 is 2.12 bits per heavy atom. The summed E-state index contributed by atoms with van der Waals surface area (Å²) in [6.45, 7) is 2.16. The third kappa shape index (κ3) is 4.77. The average molecular weight is 327 g/mol. The molecule has 3 nitrogen and oxygen atoms in total. The molecule has 1 aromatic carbocycles. The maximum absolute atomic E-state index is 12.7. The van der Waals surface area contributed by atoms with E-state index < -0.39 is 0 Å². The fraction of sp³-hybridized carbons (Fsp3) is 0.571. The van der Waals surface area contributed by atoms with Gasteiger partial charge in [-0.05, 0) is 49.3 Å². The maximum atomic E-state index is 12.7. The molecule has 0 saturated heterocycles. The molecule has 0 aliphatic heterocycles. The van der Waals surface area contributed by atoms with E-state index in [2.05, 4.69) is 18.2 Å². The van der Waals surface area contributed by atoms with E-state index in [4.69, 9.17) is 11.2 Å². The molecule has 130 valence electrons. The van der Waals surface area contributed by atoms with Crippen molar-refractivity contribution in [1.82, 2.24) is 5.32 Å². The average Bonchev–Trinajstić information content (AvgIpc) is 2.64. The Hall–Kier alpha value is -1.95. The van der Waals surface area contributed by atoms with Crippen molar-refractivity contribution < 1.29 is 9.53 Å². The zero-order chi connectivity index (χ0) is 17.4. The second-order valence-corrected chi connectivity index (χ2v) is 6.62. The van der Waals surface area contributed by atoms with Gasteiger partial charge < -0.3 is 10.1 Å². The van der Waals surface area contributed by atoms with Crippen molar-refractivity contribution >= 4 is 5.91 Å². The van der Waals surface area contributed by atoms with Crippen LogP contribution < -0.4 is 10.1 Å². The predicted molar refractivity (Wildman–Crippen MR) is 98.3 cm³/mol. The molecule has 0 radical (unpaired) electrons. The predicted octanol–water partition coefficient (Wildman–Crippen LogP) is 4.35. The number of aryl methyl sites for hydroxylation is 1.